The van der Waals surface area contributed by atoms with E-state index < -0.39 is 0 Å². The van der Waals surface area contributed by atoms with Gasteiger partial charge in [-0.15, -0.1) is 0 Å². The van der Waals surface area contributed by atoms with Crippen LogP contribution in [0.5, 0.6) is 0 Å². The van der Waals surface area contributed by atoms with Gasteiger partial charge in [-0.3, -0.25) is 0 Å². The van der Waals surface area contributed by atoms with Crippen LogP contribution < -0.4 is 0 Å². The maximum Gasteiger partial charge on any atom is 0.0212 e. The molecule has 0 heterocycles. The van der Waals surface area contributed by atoms with E-state index in [0.29, 0.717) is 0 Å². The second-order valence-electron chi connectivity index (χ2n) is 1.56. The first kappa shape index (κ1) is 9.69. The van der Waals surface area contributed by atoms with E-state index in [4.69, 9.17) is 0 Å². The molecule has 0 radical (unpaired) electrons. The molecule has 52 valence electrons. The predicted octanol–water partition coefficient (Wildman–Crippen LogP) is 3.67. The number of allylic oxidation sites excluding steroid dienone is 3. The molecule has 0 aliphatic carbocycles. The standard InChI is InChI=1S/C7H10BrI/c8-6-4-2-1-3-5-7-9/h2,4-5,7H,1,3,6H2/b4-2+,7-5-. The highest BCUT2D eigenvalue weighted by atomic mass is 127. The Kier molecular flexibility index (Phi) is 9.36. The van der Waals surface area contributed by atoms with Crippen molar-refractivity contribution in [2.45, 2.75) is 12.8 Å². The van der Waals surface area contributed by atoms with Crippen molar-refractivity contribution in [1.82, 2.24) is 0 Å². The topological polar surface area (TPSA) is 0 Å². The lowest BCUT2D eigenvalue weighted by Crippen LogP contribution is -1.63. The molecule has 0 N–H and O–H groups in total. The largest absolute Gasteiger partial charge is 0.0883 e. The van der Waals surface area contributed by atoms with E-state index in [-0.39, 0.29) is 0 Å². The number of unbranched alkanes of at least 4 members (excludes halogenated alkanes) is 1. The van der Waals surface area contributed by atoms with Crippen molar-refractivity contribution in [3.05, 3.63) is 22.3 Å². The monoisotopic (exact) mass is 300 g/mol. The lowest BCUT2D eigenvalue weighted by molar-refractivity contribution is 1.05. The molecule has 0 nitrogen and oxygen atoms in total. The highest BCUT2D eigenvalue weighted by Gasteiger charge is 1.73. The normalized spacial score (nSPS) is 11.8. The zero-order valence-corrected chi connectivity index (χ0v) is 8.93. The molecule has 2 heteroatoms. The van der Waals surface area contributed by atoms with Crippen LogP contribution in [0.15, 0.2) is 22.3 Å². The third-order valence-corrected chi connectivity index (χ3v) is 1.73. The summed E-state index contributed by atoms with van der Waals surface area (Å²) < 4.78 is 2.06. The molecule has 0 fully saturated rings. The van der Waals surface area contributed by atoms with Crippen LogP contribution >= 0.6 is 38.5 Å². The summed E-state index contributed by atoms with van der Waals surface area (Å²) in [4.78, 5) is 0. The summed E-state index contributed by atoms with van der Waals surface area (Å²) in [6.07, 6.45) is 8.79. The van der Waals surface area contributed by atoms with Crippen LogP contribution in [-0.2, 0) is 0 Å². The van der Waals surface area contributed by atoms with E-state index in [1.807, 2.05) is 0 Å². The van der Waals surface area contributed by atoms with Crippen LogP contribution in [0.25, 0.3) is 0 Å². The van der Waals surface area contributed by atoms with Gasteiger partial charge in [-0.1, -0.05) is 56.7 Å². The van der Waals surface area contributed by atoms with Crippen LogP contribution in [0.1, 0.15) is 12.8 Å². The van der Waals surface area contributed by atoms with Crippen LogP contribution in [0, 0.1) is 0 Å². The Bertz CT molecular complexity index is 97.1. The van der Waals surface area contributed by atoms with Crippen LogP contribution in [0.2, 0.25) is 0 Å². The van der Waals surface area contributed by atoms with Crippen molar-refractivity contribution in [3.8, 4) is 0 Å². The minimum Gasteiger partial charge on any atom is -0.0883 e. The Morgan fingerprint density at radius 1 is 1.11 bits per heavy atom. The van der Waals surface area contributed by atoms with Gasteiger partial charge in [0.1, 0.15) is 0 Å². The Balaban J connectivity index is 2.99. The molecule has 0 spiro atoms. The lowest BCUT2D eigenvalue weighted by Gasteiger charge is -1.82. The summed E-state index contributed by atoms with van der Waals surface area (Å²) in [5.74, 6) is 0. The van der Waals surface area contributed by atoms with Gasteiger partial charge in [-0.05, 0) is 16.9 Å². The van der Waals surface area contributed by atoms with Gasteiger partial charge in [0.2, 0.25) is 0 Å². The van der Waals surface area contributed by atoms with E-state index in [2.05, 4.69) is 60.8 Å². The van der Waals surface area contributed by atoms with Gasteiger partial charge < -0.3 is 0 Å². The summed E-state index contributed by atoms with van der Waals surface area (Å²) in [6.45, 7) is 0. The second kappa shape index (κ2) is 8.69. The zero-order chi connectivity index (χ0) is 6.95. The zero-order valence-electron chi connectivity index (χ0n) is 5.19. The molecule has 0 aromatic heterocycles. The van der Waals surface area contributed by atoms with Crippen molar-refractivity contribution in [1.29, 1.82) is 0 Å². The number of halogens is 2. The molecule has 0 bridgehead atoms. The highest BCUT2D eigenvalue weighted by molar-refractivity contribution is 14.1. The third kappa shape index (κ3) is 8.69. The highest BCUT2D eigenvalue weighted by Crippen LogP contribution is 1.95. The van der Waals surface area contributed by atoms with Crippen molar-refractivity contribution in [2.24, 2.45) is 0 Å². The average molecular weight is 301 g/mol. The third-order valence-electron chi connectivity index (χ3n) is 0.845. The Morgan fingerprint density at radius 3 is 2.33 bits per heavy atom. The van der Waals surface area contributed by atoms with E-state index in [0.717, 1.165) is 18.2 Å². The molecule has 0 saturated carbocycles. The Hall–Kier alpha value is 0.690. The quantitative estimate of drug-likeness (QED) is 0.322. The fraction of sp³-hybridized carbons (Fsp3) is 0.429. The minimum atomic E-state index is 0.973. The summed E-state index contributed by atoms with van der Waals surface area (Å²) >= 11 is 5.55. The molecule has 0 aromatic rings. The van der Waals surface area contributed by atoms with Gasteiger partial charge in [0.05, 0.1) is 0 Å². The van der Waals surface area contributed by atoms with Crippen molar-refractivity contribution in [3.63, 3.8) is 0 Å². The first-order chi connectivity index (χ1) is 4.41. The van der Waals surface area contributed by atoms with E-state index in [1.54, 1.807) is 0 Å². The lowest BCUT2D eigenvalue weighted by atomic mass is 10.3. The number of hydrogen-bond donors (Lipinski definition) is 0. The van der Waals surface area contributed by atoms with Crippen LogP contribution in [0.3, 0.4) is 0 Å². The Morgan fingerprint density at radius 2 is 1.78 bits per heavy atom. The number of alkyl halides is 1. The van der Waals surface area contributed by atoms with Gasteiger partial charge in [0, 0.05) is 5.33 Å². The fourth-order valence-corrected chi connectivity index (χ4v) is 1.06. The molecule has 0 rings (SSSR count). The predicted molar refractivity (Wildman–Crippen MR) is 55.3 cm³/mol. The van der Waals surface area contributed by atoms with Gasteiger partial charge in [-0.2, -0.15) is 0 Å². The average Bonchev–Trinajstić information content (AvgIpc) is 1.89. The maximum absolute atomic E-state index is 3.31. The van der Waals surface area contributed by atoms with Gasteiger partial charge in [0.25, 0.3) is 0 Å². The minimum absolute atomic E-state index is 0.973. The van der Waals surface area contributed by atoms with E-state index >= 15 is 0 Å². The second-order valence-corrected chi connectivity index (χ2v) is 2.93. The molecule has 0 atom stereocenters. The maximum atomic E-state index is 3.31. The SMILES string of the molecule is BrC/C=C/CC/C=C\I. The van der Waals surface area contributed by atoms with Crippen LogP contribution in [0.4, 0.5) is 0 Å². The molecule has 9 heavy (non-hydrogen) atoms. The molecule has 0 amide bonds. The first-order valence-electron chi connectivity index (χ1n) is 2.88. The molecule has 0 aliphatic heterocycles. The van der Waals surface area contributed by atoms with Crippen molar-refractivity contribution >= 4 is 38.5 Å². The summed E-state index contributed by atoms with van der Waals surface area (Å²) in [7, 11) is 0. The number of rotatable bonds is 4. The smallest absolute Gasteiger partial charge is 0.0212 e. The van der Waals surface area contributed by atoms with Crippen molar-refractivity contribution < 1.29 is 0 Å². The molecule has 0 saturated heterocycles. The number of hydrogen-bond acceptors (Lipinski definition) is 0. The molecule has 0 aromatic carbocycles. The summed E-state index contributed by atoms with van der Waals surface area (Å²) in [5.41, 5.74) is 0. The van der Waals surface area contributed by atoms with Gasteiger partial charge in [-0.25, -0.2) is 0 Å². The molecular weight excluding hydrogens is 291 g/mol. The molecule has 0 aliphatic rings. The van der Waals surface area contributed by atoms with E-state index in [9.17, 15) is 0 Å². The molecule has 0 unspecified atom stereocenters. The van der Waals surface area contributed by atoms with Gasteiger partial charge >= 0.3 is 0 Å². The van der Waals surface area contributed by atoms with E-state index in [1.165, 1.54) is 0 Å². The summed E-state index contributed by atoms with van der Waals surface area (Å²) in [6, 6.07) is 0. The van der Waals surface area contributed by atoms with Crippen LogP contribution in [-0.4, -0.2) is 5.33 Å². The summed E-state index contributed by atoms with van der Waals surface area (Å²) in [5, 5.41) is 0.973. The van der Waals surface area contributed by atoms with Crippen molar-refractivity contribution in [2.75, 3.05) is 5.33 Å². The Labute approximate surface area is 78.7 Å². The molecular formula is C7H10BrI. The fourth-order valence-electron chi connectivity index (χ4n) is 0.436. The van der Waals surface area contributed by atoms with Gasteiger partial charge in [0.15, 0.2) is 0 Å². The first-order valence-corrected chi connectivity index (χ1v) is 5.24.